The van der Waals surface area contributed by atoms with E-state index in [4.69, 9.17) is 4.74 Å². The molecule has 15 heavy (non-hydrogen) atoms. The molecule has 0 spiro atoms. The van der Waals surface area contributed by atoms with Gasteiger partial charge < -0.3 is 9.84 Å². The Hall–Kier alpha value is -1.32. The van der Waals surface area contributed by atoms with Gasteiger partial charge in [0.25, 0.3) is 0 Å². The Labute approximate surface area is 88.9 Å². The third kappa shape index (κ3) is 1.89. The number of esters is 1. The third-order valence-electron chi connectivity index (χ3n) is 3.37. The first kappa shape index (κ1) is 11.8. The zero-order valence-electron chi connectivity index (χ0n) is 9.03. The zero-order valence-corrected chi connectivity index (χ0v) is 9.03. The summed E-state index contributed by atoms with van der Waals surface area (Å²) in [6.07, 6.45) is 2.14. The maximum Gasteiger partial charge on any atom is 0.348 e. The molecule has 0 aromatic rings. The van der Waals surface area contributed by atoms with Crippen molar-refractivity contribution in [1.29, 1.82) is 0 Å². The van der Waals surface area contributed by atoms with E-state index in [2.05, 4.69) is 6.58 Å². The first-order valence-electron chi connectivity index (χ1n) is 5.03. The Kier molecular flexibility index (Phi) is 3.17. The van der Waals surface area contributed by atoms with Gasteiger partial charge in [0.15, 0.2) is 0 Å². The maximum absolute atomic E-state index is 11.2. The zero-order chi connectivity index (χ0) is 11.6. The molecule has 0 aromatic carbocycles. The molecule has 1 aliphatic carbocycles. The number of carbonyl (C=O) groups is 2. The van der Waals surface area contributed by atoms with Gasteiger partial charge in [0.2, 0.25) is 5.60 Å². The van der Waals surface area contributed by atoms with E-state index >= 15 is 0 Å². The van der Waals surface area contributed by atoms with Crippen LogP contribution in [0.15, 0.2) is 12.7 Å². The Morgan fingerprint density at radius 3 is 2.47 bits per heavy atom. The van der Waals surface area contributed by atoms with Gasteiger partial charge >= 0.3 is 11.9 Å². The molecule has 3 atom stereocenters. The average Bonchev–Trinajstić information content (AvgIpc) is 2.47. The minimum Gasteiger partial charge on any atom is -0.478 e. The van der Waals surface area contributed by atoms with Gasteiger partial charge in [0.05, 0.1) is 0 Å². The van der Waals surface area contributed by atoms with E-state index < -0.39 is 17.5 Å². The SMILES string of the molecule is C=CC(=O)O[C@]1(C(=O)O)CCC(C)C1C. The monoisotopic (exact) mass is 212 g/mol. The van der Waals surface area contributed by atoms with E-state index in [-0.39, 0.29) is 11.8 Å². The van der Waals surface area contributed by atoms with Gasteiger partial charge in [-0.3, -0.25) is 0 Å². The molecule has 0 amide bonds. The lowest BCUT2D eigenvalue weighted by molar-refractivity contribution is -0.180. The van der Waals surface area contributed by atoms with E-state index in [1.165, 1.54) is 0 Å². The predicted octanol–water partition coefficient (Wildman–Crippen LogP) is 1.60. The highest BCUT2D eigenvalue weighted by atomic mass is 16.6. The lowest BCUT2D eigenvalue weighted by atomic mass is 9.88. The largest absolute Gasteiger partial charge is 0.478 e. The molecule has 0 radical (unpaired) electrons. The Morgan fingerprint density at radius 1 is 1.53 bits per heavy atom. The van der Waals surface area contributed by atoms with Gasteiger partial charge in [-0.2, -0.15) is 0 Å². The predicted molar refractivity (Wildman–Crippen MR) is 54.2 cm³/mol. The molecule has 1 rings (SSSR count). The number of rotatable bonds is 3. The fourth-order valence-electron chi connectivity index (χ4n) is 2.09. The van der Waals surface area contributed by atoms with Gasteiger partial charge in [-0.25, -0.2) is 9.59 Å². The third-order valence-corrected chi connectivity index (χ3v) is 3.37. The van der Waals surface area contributed by atoms with Crippen molar-refractivity contribution in [1.82, 2.24) is 0 Å². The number of hydrogen-bond acceptors (Lipinski definition) is 3. The molecular weight excluding hydrogens is 196 g/mol. The second-order valence-electron chi connectivity index (χ2n) is 4.12. The smallest absolute Gasteiger partial charge is 0.348 e. The molecule has 84 valence electrons. The quantitative estimate of drug-likeness (QED) is 0.570. The molecule has 0 heterocycles. The molecule has 1 fully saturated rings. The summed E-state index contributed by atoms with van der Waals surface area (Å²) in [5.74, 6) is -1.65. The van der Waals surface area contributed by atoms with E-state index in [1.807, 2.05) is 13.8 Å². The topological polar surface area (TPSA) is 63.6 Å². The Balaban J connectivity index is 2.94. The van der Waals surface area contributed by atoms with Crippen LogP contribution in [-0.4, -0.2) is 22.6 Å². The first-order chi connectivity index (χ1) is 6.94. The highest BCUT2D eigenvalue weighted by Crippen LogP contribution is 2.42. The van der Waals surface area contributed by atoms with Crippen LogP contribution in [0.4, 0.5) is 0 Å². The molecule has 2 unspecified atom stereocenters. The van der Waals surface area contributed by atoms with Gasteiger partial charge in [0.1, 0.15) is 0 Å². The molecule has 0 bridgehead atoms. The minimum absolute atomic E-state index is 0.168. The number of carbonyl (C=O) groups excluding carboxylic acids is 1. The molecule has 1 N–H and O–H groups in total. The van der Waals surface area contributed by atoms with Crippen molar-refractivity contribution in [2.75, 3.05) is 0 Å². The highest BCUT2D eigenvalue weighted by Gasteiger charge is 2.53. The lowest BCUT2D eigenvalue weighted by Crippen LogP contribution is -2.46. The van der Waals surface area contributed by atoms with Gasteiger partial charge in [-0.15, -0.1) is 0 Å². The molecular formula is C11H16O4. The van der Waals surface area contributed by atoms with E-state index in [1.54, 1.807) is 0 Å². The van der Waals surface area contributed by atoms with Gasteiger partial charge in [-0.05, 0) is 18.8 Å². The maximum atomic E-state index is 11.2. The minimum atomic E-state index is -1.36. The summed E-state index contributed by atoms with van der Waals surface area (Å²) in [6, 6.07) is 0. The summed E-state index contributed by atoms with van der Waals surface area (Å²) < 4.78 is 5.04. The van der Waals surface area contributed by atoms with E-state index in [0.717, 1.165) is 12.5 Å². The summed E-state index contributed by atoms with van der Waals surface area (Å²) in [6.45, 7) is 7.05. The second kappa shape index (κ2) is 4.04. The van der Waals surface area contributed by atoms with Crippen LogP contribution in [0.5, 0.6) is 0 Å². The molecule has 1 saturated carbocycles. The Morgan fingerprint density at radius 2 is 2.13 bits per heavy atom. The molecule has 1 aliphatic rings. The molecule has 4 heteroatoms. The van der Waals surface area contributed by atoms with Crippen LogP contribution in [0, 0.1) is 11.8 Å². The highest BCUT2D eigenvalue weighted by molar-refractivity contribution is 5.87. The molecule has 0 aliphatic heterocycles. The van der Waals surface area contributed by atoms with Gasteiger partial charge in [0, 0.05) is 12.0 Å². The van der Waals surface area contributed by atoms with E-state index in [0.29, 0.717) is 6.42 Å². The van der Waals surface area contributed by atoms with Gasteiger partial charge in [-0.1, -0.05) is 20.4 Å². The van der Waals surface area contributed by atoms with Crippen molar-refractivity contribution in [3.05, 3.63) is 12.7 Å². The van der Waals surface area contributed by atoms with Crippen LogP contribution in [0.3, 0.4) is 0 Å². The van der Waals surface area contributed by atoms with Crippen molar-refractivity contribution in [3.63, 3.8) is 0 Å². The van der Waals surface area contributed by atoms with Crippen LogP contribution < -0.4 is 0 Å². The van der Waals surface area contributed by atoms with Crippen LogP contribution in [0.1, 0.15) is 26.7 Å². The average molecular weight is 212 g/mol. The standard InChI is InChI=1S/C11H16O4/c1-4-9(12)15-11(10(13)14)6-5-7(2)8(11)3/h4,7-8H,1,5-6H2,2-3H3,(H,13,14)/t7?,8?,11-/m1/s1. The van der Waals surface area contributed by atoms with Crippen molar-refractivity contribution >= 4 is 11.9 Å². The summed E-state index contributed by atoms with van der Waals surface area (Å²) in [5, 5.41) is 9.18. The van der Waals surface area contributed by atoms with Crippen molar-refractivity contribution in [2.45, 2.75) is 32.3 Å². The second-order valence-corrected chi connectivity index (χ2v) is 4.12. The summed E-state index contributed by atoms with van der Waals surface area (Å²) in [5.41, 5.74) is -1.36. The summed E-state index contributed by atoms with van der Waals surface area (Å²) >= 11 is 0. The molecule has 4 nitrogen and oxygen atoms in total. The Bertz CT molecular complexity index is 297. The number of carboxylic acids is 1. The fourth-order valence-corrected chi connectivity index (χ4v) is 2.09. The summed E-state index contributed by atoms with van der Waals surface area (Å²) in [4.78, 5) is 22.3. The number of aliphatic carboxylic acids is 1. The van der Waals surface area contributed by atoms with Crippen molar-refractivity contribution in [3.8, 4) is 0 Å². The van der Waals surface area contributed by atoms with Crippen LogP contribution in [-0.2, 0) is 14.3 Å². The fraction of sp³-hybridized carbons (Fsp3) is 0.636. The van der Waals surface area contributed by atoms with E-state index in [9.17, 15) is 14.7 Å². The molecule has 0 aromatic heterocycles. The van der Waals surface area contributed by atoms with Crippen molar-refractivity contribution in [2.24, 2.45) is 11.8 Å². The lowest BCUT2D eigenvalue weighted by Gasteiger charge is -2.29. The normalized spacial score (nSPS) is 34.8. The molecule has 0 saturated heterocycles. The van der Waals surface area contributed by atoms with Crippen LogP contribution in [0.2, 0.25) is 0 Å². The first-order valence-corrected chi connectivity index (χ1v) is 5.03. The number of ether oxygens (including phenoxy) is 1. The van der Waals surface area contributed by atoms with Crippen LogP contribution >= 0.6 is 0 Å². The number of carboxylic acid groups (broad SMARTS) is 1. The number of hydrogen-bond donors (Lipinski definition) is 1. The summed E-state index contributed by atoms with van der Waals surface area (Å²) in [7, 11) is 0. The van der Waals surface area contributed by atoms with Crippen LogP contribution in [0.25, 0.3) is 0 Å². The van der Waals surface area contributed by atoms with Crippen molar-refractivity contribution < 1.29 is 19.4 Å².